The van der Waals surface area contributed by atoms with Gasteiger partial charge in [0.15, 0.2) is 11.5 Å². The Bertz CT molecular complexity index is 703. The number of likely N-dealkylation sites (N-methyl/N-ethyl adjacent to an activating group) is 1. The number of fused-ring (bicyclic) bond motifs is 1. The maximum Gasteiger partial charge on any atom is 0.161 e. The molecule has 1 aromatic rings. The number of hydrogen-bond acceptors (Lipinski definition) is 5. The van der Waals surface area contributed by atoms with Crippen LogP contribution in [-0.2, 0) is 16.6 Å². The topological polar surface area (TPSA) is 81.0 Å². The number of ketones is 1. The standard InChI is InChI=1S/C18H23NO4/c1-10-12(20)5-6-18(23)14-9-11-3-4-13(21)16(22)15(11)17(10,18)7-8-19(14)2/h3-4,10,14,21-23H,5-9H2,1-2H3/t10-,14+,17?,18?/m0/s1. The van der Waals surface area contributed by atoms with Gasteiger partial charge in [0.2, 0.25) is 0 Å². The molecule has 0 radical (unpaired) electrons. The Kier molecular flexibility index (Phi) is 2.92. The lowest BCUT2D eigenvalue weighted by Crippen LogP contribution is -2.75. The predicted molar refractivity (Wildman–Crippen MR) is 84.5 cm³/mol. The van der Waals surface area contributed by atoms with Gasteiger partial charge in [-0.1, -0.05) is 13.0 Å². The first-order valence-corrected chi connectivity index (χ1v) is 8.32. The van der Waals surface area contributed by atoms with Crippen molar-refractivity contribution in [3.05, 3.63) is 23.3 Å². The first kappa shape index (κ1) is 15.0. The average Bonchev–Trinajstić information content (AvgIpc) is 2.51. The summed E-state index contributed by atoms with van der Waals surface area (Å²) in [5.74, 6) is -0.577. The molecular formula is C18H23NO4. The molecule has 1 saturated carbocycles. The van der Waals surface area contributed by atoms with E-state index in [4.69, 9.17) is 0 Å². The van der Waals surface area contributed by atoms with Crippen LogP contribution in [0.4, 0.5) is 0 Å². The highest BCUT2D eigenvalue weighted by Crippen LogP contribution is 2.61. The molecule has 1 heterocycles. The highest BCUT2D eigenvalue weighted by atomic mass is 16.3. The Labute approximate surface area is 135 Å². The number of phenolic OH excluding ortho intramolecular Hbond substituents is 2. The fourth-order valence-corrected chi connectivity index (χ4v) is 5.55. The van der Waals surface area contributed by atoms with Crippen molar-refractivity contribution in [3.8, 4) is 11.5 Å². The van der Waals surface area contributed by atoms with E-state index < -0.39 is 11.0 Å². The lowest BCUT2D eigenvalue weighted by atomic mass is 9.46. The van der Waals surface area contributed by atoms with Gasteiger partial charge in [0.05, 0.1) is 5.60 Å². The van der Waals surface area contributed by atoms with Gasteiger partial charge in [-0.05, 0) is 44.5 Å². The summed E-state index contributed by atoms with van der Waals surface area (Å²) >= 11 is 0. The summed E-state index contributed by atoms with van der Waals surface area (Å²) in [6.07, 6.45) is 2.02. The molecule has 2 fully saturated rings. The van der Waals surface area contributed by atoms with E-state index in [0.29, 0.717) is 31.2 Å². The van der Waals surface area contributed by atoms with Gasteiger partial charge in [0.25, 0.3) is 0 Å². The van der Waals surface area contributed by atoms with Crippen molar-refractivity contribution in [3.63, 3.8) is 0 Å². The van der Waals surface area contributed by atoms with Crippen molar-refractivity contribution < 1.29 is 20.1 Å². The molecule has 2 bridgehead atoms. The van der Waals surface area contributed by atoms with Crippen molar-refractivity contribution >= 4 is 5.78 Å². The third-order valence-corrected chi connectivity index (χ3v) is 6.79. The van der Waals surface area contributed by atoms with Crippen LogP contribution in [0.15, 0.2) is 12.1 Å². The molecule has 0 amide bonds. The molecule has 1 aromatic carbocycles. The summed E-state index contributed by atoms with van der Waals surface area (Å²) in [7, 11) is 2.01. The van der Waals surface area contributed by atoms with E-state index in [1.807, 2.05) is 20.0 Å². The fourth-order valence-electron chi connectivity index (χ4n) is 5.55. The molecule has 1 aliphatic heterocycles. The molecule has 1 saturated heterocycles. The van der Waals surface area contributed by atoms with Crippen LogP contribution in [0.2, 0.25) is 0 Å². The SMILES string of the molecule is C[C@H]1C(=O)CCC2(O)[C@H]3Cc4ccc(O)c(O)c4C12CCN3C. The number of likely N-dealkylation sites (tertiary alicyclic amines) is 1. The maximum absolute atomic E-state index is 12.5. The van der Waals surface area contributed by atoms with Gasteiger partial charge in [-0.15, -0.1) is 0 Å². The zero-order chi connectivity index (χ0) is 16.6. The van der Waals surface area contributed by atoms with Gasteiger partial charge >= 0.3 is 0 Å². The number of carbonyl (C=O) groups excluding carboxylic acids is 1. The number of phenols is 2. The van der Waals surface area contributed by atoms with Crippen molar-refractivity contribution in [2.45, 2.75) is 49.7 Å². The first-order chi connectivity index (χ1) is 10.8. The highest BCUT2D eigenvalue weighted by molar-refractivity contribution is 5.85. The molecule has 3 N–H and O–H groups in total. The van der Waals surface area contributed by atoms with Gasteiger partial charge in [-0.2, -0.15) is 0 Å². The van der Waals surface area contributed by atoms with E-state index in [0.717, 1.165) is 12.1 Å². The van der Waals surface area contributed by atoms with Crippen LogP contribution in [0.1, 0.15) is 37.3 Å². The van der Waals surface area contributed by atoms with Crippen molar-refractivity contribution in [2.75, 3.05) is 13.6 Å². The molecule has 2 unspecified atom stereocenters. The Morgan fingerprint density at radius 1 is 1.26 bits per heavy atom. The van der Waals surface area contributed by atoms with Crippen LogP contribution >= 0.6 is 0 Å². The number of Topliss-reactive ketones (excluding diaryl/α,β-unsaturated/α-hetero) is 1. The first-order valence-electron chi connectivity index (χ1n) is 8.32. The third-order valence-electron chi connectivity index (χ3n) is 6.79. The van der Waals surface area contributed by atoms with Crippen LogP contribution in [-0.4, -0.2) is 51.2 Å². The Balaban J connectivity index is 2.07. The highest BCUT2D eigenvalue weighted by Gasteiger charge is 2.67. The molecule has 124 valence electrons. The minimum atomic E-state index is -1.05. The van der Waals surface area contributed by atoms with E-state index in [-0.39, 0.29) is 29.2 Å². The van der Waals surface area contributed by atoms with Gasteiger partial charge in [-0.3, -0.25) is 4.79 Å². The van der Waals surface area contributed by atoms with Crippen molar-refractivity contribution in [1.82, 2.24) is 4.90 Å². The summed E-state index contributed by atoms with van der Waals surface area (Å²) < 4.78 is 0. The molecule has 5 heteroatoms. The van der Waals surface area contributed by atoms with Crippen LogP contribution in [0.25, 0.3) is 0 Å². The molecule has 5 nitrogen and oxygen atoms in total. The normalized spacial score (nSPS) is 39.7. The summed E-state index contributed by atoms with van der Waals surface area (Å²) in [6.45, 7) is 2.63. The van der Waals surface area contributed by atoms with E-state index in [1.54, 1.807) is 0 Å². The summed E-state index contributed by atoms with van der Waals surface area (Å²) in [4.78, 5) is 14.7. The number of piperidine rings is 1. The molecule has 0 spiro atoms. The summed E-state index contributed by atoms with van der Waals surface area (Å²) in [5.41, 5.74) is -0.324. The predicted octanol–water partition coefficient (Wildman–Crippen LogP) is 1.33. The van der Waals surface area contributed by atoms with E-state index in [9.17, 15) is 20.1 Å². The molecule has 23 heavy (non-hydrogen) atoms. The van der Waals surface area contributed by atoms with E-state index in [2.05, 4.69) is 4.90 Å². The Morgan fingerprint density at radius 2 is 2.00 bits per heavy atom. The van der Waals surface area contributed by atoms with Gasteiger partial charge in [0, 0.05) is 29.4 Å². The lowest BCUT2D eigenvalue weighted by molar-refractivity contribution is -0.183. The van der Waals surface area contributed by atoms with Crippen molar-refractivity contribution in [2.24, 2.45) is 5.92 Å². The molecule has 4 rings (SSSR count). The van der Waals surface area contributed by atoms with Gasteiger partial charge < -0.3 is 20.2 Å². The molecule has 0 aromatic heterocycles. The maximum atomic E-state index is 12.5. The van der Waals surface area contributed by atoms with Gasteiger partial charge in [-0.25, -0.2) is 0 Å². The average molecular weight is 317 g/mol. The number of rotatable bonds is 0. The molecular weight excluding hydrogens is 294 g/mol. The monoisotopic (exact) mass is 317 g/mol. The van der Waals surface area contributed by atoms with E-state index in [1.165, 1.54) is 6.07 Å². The number of aromatic hydroxyl groups is 2. The zero-order valence-corrected chi connectivity index (χ0v) is 13.5. The lowest BCUT2D eigenvalue weighted by Gasteiger charge is -2.64. The van der Waals surface area contributed by atoms with Crippen molar-refractivity contribution in [1.29, 1.82) is 0 Å². The number of aliphatic hydroxyl groups is 1. The van der Waals surface area contributed by atoms with Gasteiger partial charge in [0.1, 0.15) is 5.78 Å². The van der Waals surface area contributed by atoms with Crippen LogP contribution < -0.4 is 0 Å². The minimum absolute atomic E-state index is 0.0664. The second-order valence-electron chi connectivity index (χ2n) is 7.50. The fraction of sp³-hybridized carbons (Fsp3) is 0.611. The molecule has 4 atom stereocenters. The summed E-state index contributed by atoms with van der Waals surface area (Å²) in [5, 5.41) is 32.3. The van der Waals surface area contributed by atoms with Crippen LogP contribution in [0.5, 0.6) is 11.5 Å². The van der Waals surface area contributed by atoms with Crippen LogP contribution in [0.3, 0.4) is 0 Å². The smallest absolute Gasteiger partial charge is 0.161 e. The number of nitrogens with zero attached hydrogens (tertiary/aromatic N) is 1. The molecule has 2 aliphatic carbocycles. The summed E-state index contributed by atoms with van der Waals surface area (Å²) in [6, 6.07) is 3.26. The number of hydrogen-bond donors (Lipinski definition) is 3. The third kappa shape index (κ3) is 1.57. The Morgan fingerprint density at radius 3 is 2.74 bits per heavy atom. The second-order valence-corrected chi connectivity index (χ2v) is 7.50. The zero-order valence-electron chi connectivity index (χ0n) is 13.5. The number of benzene rings is 1. The minimum Gasteiger partial charge on any atom is -0.504 e. The molecule has 3 aliphatic rings. The second kappa shape index (κ2) is 4.48. The van der Waals surface area contributed by atoms with E-state index >= 15 is 0 Å². The largest absolute Gasteiger partial charge is 0.504 e. The quantitative estimate of drug-likeness (QED) is 0.629. The Hall–Kier alpha value is -1.59. The van der Waals surface area contributed by atoms with Crippen LogP contribution in [0, 0.1) is 5.92 Å². The number of carbonyl (C=O) groups is 1.